The number of ketones is 1. The van der Waals surface area contributed by atoms with E-state index in [4.69, 9.17) is 5.73 Å². The number of hydrogen-bond donors (Lipinski definition) is 1. The van der Waals surface area contributed by atoms with Crippen molar-refractivity contribution >= 4 is 34.1 Å². The van der Waals surface area contributed by atoms with E-state index in [9.17, 15) is 18.6 Å². The van der Waals surface area contributed by atoms with Crippen LogP contribution in [0, 0.1) is 0 Å². The van der Waals surface area contributed by atoms with Gasteiger partial charge >= 0.3 is 0 Å². The second-order valence-electron chi connectivity index (χ2n) is 4.17. The first-order chi connectivity index (χ1) is 8.90. The number of carbonyl (C=O) groups is 3. The number of benzene rings is 1. The molecule has 2 amide bonds. The molecule has 0 fully saturated rings. The summed E-state index contributed by atoms with van der Waals surface area (Å²) in [4.78, 5) is 35.6. The first kappa shape index (κ1) is 13.4. The number of fused-ring (bicyclic) bond motifs is 1. The fourth-order valence-corrected chi connectivity index (χ4v) is 3.08. The Balaban J connectivity index is 2.52. The van der Waals surface area contributed by atoms with Gasteiger partial charge in [-0.05, 0) is 25.1 Å². The van der Waals surface area contributed by atoms with Gasteiger partial charge in [0.05, 0.1) is 21.4 Å². The Hall–Kier alpha value is -2.02. The molecule has 1 heterocycles. The van der Waals surface area contributed by atoms with Crippen molar-refractivity contribution in [3.8, 4) is 0 Å². The monoisotopic (exact) mass is 280 g/mol. The minimum absolute atomic E-state index is 0.154. The van der Waals surface area contributed by atoms with Crippen LogP contribution < -0.4 is 10.6 Å². The summed E-state index contributed by atoms with van der Waals surface area (Å²) in [6, 6.07) is 4.54. The number of rotatable bonds is 3. The lowest BCUT2D eigenvalue weighted by Crippen LogP contribution is -2.44. The van der Waals surface area contributed by atoms with Gasteiger partial charge in [-0.3, -0.25) is 18.6 Å². The third kappa shape index (κ3) is 2.55. The molecule has 0 radical (unpaired) electrons. The first-order valence-corrected chi connectivity index (χ1v) is 6.84. The maximum atomic E-state index is 11.9. The molecule has 0 saturated carbocycles. The second kappa shape index (κ2) is 4.93. The van der Waals surface area contributed by atoms with Crippen molar-refractivity contribution in [3.63, 3.8) is 0 Å². The van der Waals surface area contributed by atoms with E-state index >= 15 is 0 Å². The van der Waals surface area contributed by atoms with E-state index in [1.54, 1.807) is 0 Å². The zero-order valence-electron chi connectivity index (χ0n) is 10.2. The number of primary amides is 1. The molecule has 0 spiro atoms. The van der Waals surface area contributed by atoms with E-state index in [1.807, 2.05) is 0 Å². The molecule has 0 aromatic heterocycles. The number of anilines is 1. The smallest absolute Gasteiger partial charge is 0.240 e. The number of carbonyl (C=O) groups excluding carboxylic acids is 3. The highest BCUT2D eigenvalue weighted by Crippen LogP contribution is 2.29. The van der Waals surface area contributed by atoms with Crippen molar-refractivity contribution in [1.82, 2.24) is 0 Å². The number of nitrogens with zero attached hydrogens (tertiary/aromatic N) is 1. The molecule has 0 bridgehead atoms. The number of Topliss-reactive ketones (excluding diaryl/α,β-unsaturated/α-hetero) is 1. The number of amides is 2. The Morgan fingerprint density at radius 3 is 2.68 bits per heavy atom. The van der Waals surface area contributed by atoms with E-state index < -0.39 is 22.6 Å². The van der Waals surface area contributed by atoms with Gasteiger partial charge in [-0.2, -0.15) is 0 Å². The molecule has 2 rings (SSSR count). The molecule has 100 valence electrons. The minimum Gasteiger partial charge on any atom is -0.368 e. The maximum absolute atomic E-state index is 11.9. The normalized spacial score (nSPS) is 18.1. The zero-order chi connectivity index (χ0) is 14.2. The Bertz CT molecular complexity index is 612. The minimum atomic E-state index is -1.50. The van der Waals surface area contributed by atoms with Crippen LogP contribution in [0.3, 0.4) is 0 Å². The Labute approximate surface area is 112 Å². The molecule has 19 heavy (non-hydrogen) atoms. The molecular weight excluding hydrogens is 268 g/mol. The fourth-order valence-electron chi connectivity index (χ4n) is 1.87. The van der Waals surface area contributed by atoms with E-state index in [0.717, 1.165) is 0 Å². The van der Waals surface area contributed by atoms with Crippen LogP contribution in [0.1, 0.15) is 17.3 Å². The Morgan fingerprint density at radius 2 is 2.11 bits per heavy atom. The molecule has 1 unspecified atom stereocenters. The highest BCUT2D eigenvalue weighted by molar-refractivity contribution is 7.86. The van der Waals surface area contributed by atoms with Gasteiger partial charge < -0.3 is 10.6 Å². The molecule has 0 saturated heterocycles. The van der Waals surface area contributed by atoms with Crippen molar-refractivity contribution in [2.45, 2.75) is 11.8 Å². The van der Waals surface area contributed by atoms with Crippen LogP contribution in [0.15, 0.2) is 23.1 Å². The summed E-state index contributed by atoms with van der Waals surface area (Å²) >= 11 is 0. The molecule has 1 aromatic carbocycles. The van der Waals surface area contributed by atoms with Crippen LogP contribution in [0.5, 0.6) is 0 Å². The SMILES string of the molecule is CC(=O)c1ccc2c(c1)S(=O)CC(=O)N2CC(N)=O. The van der Waals surface area contributed by atoms with E-state index in [0.29, 0.717) is 16.1 Å². The zero-order valence-corrected chi connectivity index (χ0v) is 11.0. The molecular formula is C12H12N2O4S. The highest BCUT2D eigenvalue weighted by Gasteiger charge is 2.30. The standard InChI is InChI=1S/C12H12N2O4S/c1-7(15)8-2-3-9-10(4-8)19(18)6-12(17)14(9)5-11(13)16/h2-4H,5-6H2,1H3,(H2,13,16). The van der Waals surface area contributed by atoms with Crippen LogP contribution in [-0.4, -0.2) is 34.1 Å². The fraction of sp³-hybridized carbons (Fsp3) is 0.250. The molecule has 7 heteroatoms. The summed E-state index contributed by atoms with van der Waals surface area (Å²) in [5, 5.41) is 0. The van der Waals surface area contributed by atoms with Crippen LogP contribution in [0.25, 0.3) is 0 Å². The summed E-state index contributed by atoms with van der Waals surface area (Å²) in [5.41, 5.74) is 5.88. The topological polar surface area (TPSA) is 97.5 Å². The van der Waals surface area contributed by atoms with Gasteiger partial charge in [-0.1, -0.05) is 0 Å². The van der Waals surface area contributed by atoms with Crippen LogP contribution in [-0.2, 0) is 20.4 Å². The van der Waals surface area contributed by atoms with E-state index in [1.165, 1.54) is 30.0 Å². The lowest BCUT2D eigenvalue weighted by Gasteiger charge is -2.28. The molecule has 1 aliphatic heterocycles. The predicted octanol–water partition coefficient (Wildman–Crippen LogP) is -0.171. The van der Waals surface area contributed by atoms with Gasteiger partial charge in [0.2, 0.25) is 11.8 Å². The predicted molar refractivity (Wildman–Crippen MR) is 69.3 cm³/mol. The van der Waals surface area contributed by atoms with Gasteiger partial charge in [-0.25, -0.2) is 0 Å². The summed E-state index contributed by atoms with van der Waals surface area (Å²) < 4.78 is 11.9. The van der Waals surface area contributed by atoms with Crippen molar-refractivity contribution < 1.29 is 18.6 Å². The summed E-state index contributed by atoms with van der Waals surface area (Å²) in [5.74, 6) is -1.43. The summed E-state index contributed by atoms with van der Waals surface area (Å²) in [6.07, 6.45) is 0. The van der Waals surface area contributed by atoms with Crippen LogP contribution >= 0.6 is 0 Å². The average Bonchev–Trinajstić information content (AvgIpc) is 2.33. The van der Waals surface area contributed by atoms with Crippen LogP contribution in [0.4, 0.5) is 5.69 Å². The van der Waals surface area contributed by atoms with Gasteiger partial charge in [0.15, 0.2) is 5.78 Å². The van der Waals surface area contributed by atoms with E-state index in [-0.39, 0.29) is 18.1 Å². The van der Waals surface area contributed by atoms with Crippen molar-refractivity contribution in [2.75, 3.05) is 17.2 Å². The molecule has 0 aliphatic carbocycles. The highest BCUT2D eigenvalue weighted by atomic mass is 32.2. The molecule has 1 atom stereocenters. The lowest BCUT2D eigenvalue weighted by molar-refractivity contribution is -0.121. The summed E-state index contributed by atoms with van der Waals surface area (Å²) in [6.45, 7) is 1.14. The van der Waals surface area contributed by atoms with Crippen molar-refractivity contribution in [1.29, 1.82) is 0 Å². The number of hydrogen-bond acceptors (Lipinski definition) is 4. The quantitative estimate of drug-likeness (QED) is 0.777. The van der Waals surface area contributed by atoms with Gasteiger partial charge in [0.1, 0.15) is 12.3 Å². The largest absolute Gasteiger partial charge is 0.368 e. The second-order valence-corrected chi connectivity index (χ2v) is 5.59. The summed E-state index contributed by atoms with van der Waals surface area (Å²) in [7, 11) is -1.50. The van der Waals surface area contributed by atoms with Gasteiger partial charge in [0, 0.05) is 5.56 Å². The third-order valence-corrected chi connectivity index (χ3v) is 4.10. The lowest BCUT2D eigenvalue weighted by atomic mass is 10.1. The number of nitrogens with two attached hydrogens (primary N) is 1. The van der Waals surface area contributed by atoms with E-state index in [2.05, 4.69) is 0 Å². The third-order valence-electron chi connectivity index (χ3n) is 2.77. The van der Waals surface area contributed by atoms with Crippen LogP contribution in [0.2, 0.25) is 0 Å². The molecule has 2 N–H and O–H groups in total. The molecule has 1 aromatic rings. The Morgan fingerprint density at radius 1 is 1.42 bits per heavy atom. The van der Waals surface area contributed by atoms with Crippen molar-refractivity contribution in [3.05, 3.63) is 23.8 Å². The van der Waals surface area contributed by atoms with Gasteiger partial charge in [0.25, 0.3) is 0 Å². The Kier molecular flexibility index (Phi) is 3.48. The van der Waals surface area contributed by atoms with Gasteiger partial charge in [-0.15, -0.1) is 0 Å². The molecule has 1 aliphatic rings. The first-order valence-electron chi connectivity index (χ1n) is 5.52. The van der Waals surface area contributed by atoms with Crippen molar-refractivity contribution in [2.24, 2.45) is 5.73 Å². The average molecular weight is 280 g/mol. The maximum Gasteiger partial charge on any atom is 0.240 e. The molecule has 6 nitrogen and oxygen atoms in total.